The van der Waals surface area contributed by atoms with Gasteiger partial charge in [0.05, 0.1) is 17.9 Å². The van der Waals surface area contributed by atoms with Gasteiger partial charge in [-0.2, -0.15) is 0 Å². The fourth-order valence-corrected chi connectivity index (χ4v) is 0.809. The van der Waals surface area contributed by atoms with Crippen LogP contribution >= 0.6 is 0 Å². The van der Waals surface area contributed by atoms with Crippen LogP contribution in [0.5, 0.6) is 0 Å². The number of aromatic nitrogens is 3. The van der Waals surface area contributed by atoms with Crippen molar-refractivity contribution in [2.45, 2.75) is 32.9 Å². The van der Waals surface area contributed by atoms with E-state index in [1.54, 1.807) is 0 Å². The Bertz CT molecular complexity index is 218. The Morgan fingerprint density at radius 1 is 1.73 bits per heavy atom. The van der Waals surface area contributed by atoms with E-state index in [0.29, 0.717) is 12.6 Å². The molecule has 0 saturated carbocycles. The van der Waals surface area contributed by atoms with E-state index >= 15 is 0 Å². The summed E-state index contributed by atoms with van der Waals surface area (Å²) in [5, 5.41) is 7.84. The van der Waals surface area contributed by atoms with Gasteiger partial charge >= 0.3 is 0 Å². The highest BCUT2D eigenvalue weighted by Gasteiger charge is 2.03. The Labute approximate surface area is 66.4 Å². The maximum atomic E-state index is 5.39. The molecule has 1 aromatic heterocycles. The normalized spacial score (nSPS) is 13.4. The van der Waals surface area contributed by atoms with Crippen LogP contribution in [0.25, 0.3) is 0 Å². The Kier molecular flexibility index (Phi) is 2.59. The van der Waals surface area contributed by atoms with Crippen molar-refractivity contribution in [2.24, 2.45) is 5.73 Å². The first-order valence-electron chi connectivity index (χ1n) is 3.88. The van der Waals surface area contributed by atoms with Crippen LogP contribution < -0.4 is 5.73 Å². The lowest BCUT2D eigenvalue weighted by Gasteiger charge is -2.05. The highest BCUT2D eigenvalue weighted by Crippen LogP contribution is 2.07. The third kappa shape index (κ3) is 1.77. The Hall–Kier alpha value is -0.900. The largest absolute Gasteiger partial charge is 0.325 e. The highest BCUT2D eigenvalue weighted by molar-refractivity contribution is 4.91. The lowest BCUT2D eigenvalue weighted by molar-refractivity contribution is 0.464. The molecule has 0 saturated heterocycles. The summed E-state index contributed by atoms with van der Waals surface area (Å²) in [6.45, 7) is 4.69. The van der Waals surface area contributed by atoms with E-state index in [2.05, 4.69) is 24.2 Å². The minimum Gasteiger partial charge on any atom is -0.325 e. The summed E-state index contributed by atoms with van der Waals surface area (Å²) >= 11 is 0. The van der Waals surface area contributed by atoms with Gasteiger partial charge in [0, 0.05) is 6.54 Å². The average Bonchev–Trinajstić information content (AvgIpc) is 2.50. The van der Waals surface area contributed by atoms with Gasteiger partial charge in [-0.05, 0) is 13.3 Å². The number of nitrogens with two attached hydrogens (primary N) is 1. The summed E-state index contributed by atoms with van der Waals surface area (Å²) < 4.78 is 1.85. The van der Waals surface area contributed by atoms with Crippen LogP contribution in [0.15, 0.2) is 6.20 Å². The maximum Gasteiger partial charge on any atom is 0.0962 e. The van der Waals surface area contributed by atoms with E-state index in [9.17, 15) is 0 Å². The minimum absolute atomic E-state index is 0.419. The summed E-state index contributed by atoms with van der Waals surface area (Å²) in [5.74, 6) is 0. The Morgan fingerprint density at radius 3 is 2.91 bits per heavy atom. The molecule has 0 aliphatic rings. The van der Waals surface area contributed by atoms with E-state index in [0.717, 1.165) is 12.1 Å². The molecule has 11 heavy (non-hydrogen) atoms. The molecular weight excluding hydrogens is 140 g/mol. The average molecular weight is 154 g/mol. The topological polar surface area (TPSA) is 56.7 Å². The van der Waals surface area contributed by atoms with Crippen molar-refractivity contribution in [3.8, 4) is 0 Å². The molecule has 1 atom stereocenters. The first kappa shape index (κ1) is 8.20. The predicted molar refractivity (Wildman–Crippen MR) is 42.9 cm³/mol. The van der Waals surface area contributed by atoms with E-state index in [4.69, 9.17) is 5.73 Å². The van der Waals surface area contributed by atoms with Gasteiger partial charge in [-0.3, -0.25) is 0 Å². The third-order valence-corrected chi connectivity index (χ3v) is 1.81. The first-order chi connectivity index (χ1) is 5.27. The zero-order valence-corrected chi connectivity index (χ0v) is 6.99. The highest BCUT2D eigenvalue weighted by atomic mass is 15.4. The molecule has 1 unspecified atom stereocenters. The van der Waals surface area contributed by atoms with E-state index in [-0.39, 0.29) is 0 Å². The van der Waals surface area contributed by atoms with Crippen molar-refractivity contribution in [3.05, 3.63) is 11.9 Å². The molecule has 4 nitrogen and oxygen atoms in total. The van der Waals surface area contributed by atoms with Crippen LogP contribution in [0.1, 0.15) is 32.0 Å². The van der Waals surface area contributed by atoms with Crippen LogP contribution in [-0.4, -0.2) is 15.0 Å². The quantitative estimate of drug-likeness (QED) is 0.697. The molecule has 0 aliphatic heterocycles. The minimum atomic E-state index is 0.419. The lowest BCUT2D eigenvalue weighted by Crippen LogP contribution is -2.04. The van der Waals surface area contributed by atoms with Crippen LogP contribution in [0.3, 0.4) is 0 Å². The zero-order chi connectivity index (χ0) is 8.27. The predicted octanol–water partition coefficient (Wildman–Crippen LogP) is 0.708. The summed E-state index contributed by atoms with van der Waals surface area (Å²) in [6, 6.07) is 0.419. The van der Waals surface area contributed by atoms with Crippen molar-refractivity contribution < 1.29 is 0 Å². The van der Waals surface area contributed by atoms with E-state index in [1.165, 1.54) is 0 Å². The van der Waals surface area contributed by atoms with Gasteiger partial charge in [-0.25, -0.2) is 4.68 Å². The number of hydrogen-bond acceptors (Lipinski definition) is 3. The van der Waals surface area contributed by atoms with Crippen molar-refractivity contribution in [1.82, 2.24) is 15.0 Å². The molecule has 0 aliphatic carbocycles. The smallest absolute Gasteiger partial charge is 0.0962 e. The number of rotatable bonds is 3. The van der Waals surface area contributed by atoms with Crippen LogP contribution in [0.4, 0.5) is 0 Å². The molecule has 0 amide bonds. The second kappa shape index (κ2) is 3.48. The SMILES string of the molecule is CCC(C)n1cc(CN)nn1. The summed E-state index contributed by atoms with van der Waals surface area (Å²) in [4.78, 5) is 0. The first-order valence-corrected chi connectivity index (χ1v) is 3.88. The van der Waals surface area contributed by atoms with Crippen molar-refractivity contribution >= 4 is 0 Å². The fraction of sp³-hybridized carbons (Fsp3) is 0.714. The molecule has 0 aromatic carbocycles. The molecule has 0 fully saturated rings. The molecule has 4 heteroatoms. The van der Waals surface area contributed by atoms with Gasteiger partial charge in [0.2, 0.25) is 0 Å². The van der Waals surface area contributed by atoms with Gasteiger partial charge in [-0.15, -0.1) is 5.10 Å². The van der Waals surface area contributed by atoms with Crippen LogP contribution in [0, 0.1) is 0 Å². The summed E-state index contributed by atoms with van der Waals surface area (Å²) in [7, 11) is 0. The molecule has 0 radical (unpaired) electrons. The zero-order valence-electron chi connectivity index (χ0n) is 6.99. The molecule has 0 spiro atoms. The summed E-state index contributed by atoms with van der Waals surface area (Å²) in [5.41, 5.74) is 6.24. The molecule has 1 aromatic rings. The number of nitrogens with zero attached hydrogens (tertiary/aromatic N) is 3. The molecule has 62 valence electrons. The van der Waals surface area contributed by atoms with E-state index in [1.807, 2.05) is 10.9 Å². The van der Waals surface area contributed by atoms with E-state index < -0.39 is 0 Å². The van der Waals surface area contributed by atoms with Gasteiger partial charge in [0.15, 0.2) is 0 Å². The molecule has 2 N–H and O–H groups in total. The van der Waals surface area contributed by atoms with Crippen molar-refractivity contribution in [2.75, 3.05) is 0 Å². The van der Waals surface area contributed by atoms with Crippen molar-refractivity contribution in [3.63, 3.8) is 0 Å². The standard InChI is InChI=1S/C7H14N4/c1-3-6(2)11-5-7(4-8)9-10-11/h5-6H,3-4,8H2,1-2H3. The molecular formula is C7H14N4. The molecule has 0 bridgehead atoms. The van der Waals surface area contributed by atoms with Crippen LogP contribution in [-0.2, 0) is 6.54 Å². The van der Waals surface area contributed by atoms with Gasteiger partial charge in [0.25, 0.3) is 0 Å². The number of hydrogen-bond donors (Lipinski definition) is 1. The fourth-order valence-electron chi connectivity index (χ4n) is 0.809. The van der Waals surface area contributed by atoms with Gasteiger partial charge < -0.3 is 5.73 Å². The lowest BCUT2D eigenvalue weighted by atomic mass is 10.3. The Balaban J connectivity index is 2.71. The summed E-state index contributed by atoms with van der Waals surface area (Å²) in [6.07, 6.45) is 2.96. The second-order valence-electron chi connectivity index (χ2n) is 2.65. The van der Waals surface area contributed by atoms with Crippen molar-refractivity contribution in [1.29, 1.82) is 0 Å². The third-order valence-electron chi connectivity index (χ3n) is 1.81. The molecule has 1 rings (SSSR count). The maximum absolute atomic E-state index is 5.39. The van der Waals surface area contributed by atoms with Gasteiger partial charge in [0.1, 0.15) is 0 Å². The monoisotopic (exact) mass is 154 g/mol. The van der Waals surface area contributed by atoms with Gasteiger partial charge in [-0.1, -0.05) is 12.1 Å². The Morgan fingerprint density at radius 2 is 2.45 bits per heavy atom. The van der Waals surface area contributed by atoms with Crippen LogP contribution in [0.2, 0.25) is 0 Å². The molecule has 1 heterocycles. The second-order valence-corrected chi connectivity index (χ2v) is 2.65.